The highest BCUT2D eigenvalue weighted by Gasteiger charge is 2.54. The second kappa shape index (κ2) is 7.79. The molecule has 0 aromatic heterocycles. The van der Waals surface area contributed by atoms with Crippen molar-refractivity contribution in [2.75, 3.05) is 13.1 Å². The molecule has 1 heterocycles. The van der Waals surface area contributed by atoms with Crippen LogP contribution in [0.1, 0.15) is 57.8 Å². The molecule has 1 atom stereocenters. The molecule has 1 N–H and O–H groups in total. The molecule has 164 valence electrons. The van der Waals surface area contributed by atoms with E-state index in [1.807, 2.05) is 0 Å². The number of sulfonamides is 1. The fourth-order valence-electron chi connectivity index (χ4n) is 7.02. The number of nitrogens with one attached hydrogen (secondary N) is 1. The average molecular weight is 451 g/mol. The van der Waals surface area contributed by atoms with Gasteiger partial charge in [-0.1, -0.05) is 18.0 Å². The van der Waals surface area contributed by atoms with Crippen LogP contribution in [0, 0.1) is 23.2 Å². The first-order valence-electron chi connectivity index (χ1n) is 11.4. The molecule has 7 heteroatoms. The molecule has 4 bridgehead atoms. The van der Waals surface area contributed by atoms with Gasteiger partial charge in [-0.3, -0.25) is 4.79 Å². The Morgan fingerprint density at radius 3 is 2.23 bits per heavy atom. The van der Waals surface area contributed by atoms with Gasteiger partial charge in [0.25, 0.3) is 0 Å². The normalized spacial score (nSPS) is 36.0. The van der Waals surface area contributed by atoms with Crippen LogP contribution >= 0.6 is 11.6 Å². The van der Waals surface area contributed by atoms with E-state index in [0.29, 0.717) is 18.1 Å². The molecular weight excluding hydrogens is 420 g/mol. The van der Waals surface area contributed by atoms with Gasteiger partial charge in [0.1, 0.15) is 0 Å². The number of halogens is 1. The molecule has 1 saturated heterocycles. The third-order valence-corrected chi connectivity index (χ3v) is 10.2. The van der Waals surface area contributed by atoms with Gasteiger partial charge in [0.2, 0.25) is 15.9 Å². The second-order valence-corrected chi connectivity index (χ2v) is 12.5. The van der Waals surface area contributed by atoms with Crippen LogP contribution in [0.2, 0.25) is 5.02 Å². The first kappa shape index (κ1) is 20.8. The van der Waals surface area contributed by atoms with Gasteiger partial charge in [0, 0.05) is 29.6 Å². The summed E-state index contributed by atoms with van der Waals surface area (Å²) in [4.78, 5) is 13.6. The van der Waals surface area contributed by atoms with E-state index in [4.69, 9.17) is 11.6 Å². The second-order valence-electron chi connectivity index (χ2n) is 10.1. The molecule has 30 heavy (non-hydrogen) atoms. The van der Waals surface area contributed by atoms with Crippen LogP contribution in [-0.4, -0.2) is 37.8 Å². The summed E-state index contributed by atoms with van der Waals surface area (Å²) in [6, 6.07) is 6.18. The number of rotatable bonds is 5. The smallest absolute Gasteiger partial charge is 0.243 e. The number of carbonyl (C=O) groups excluding carboxylic acids is 1. The lowest BCUT2D eigenvalue weighted by Crippen LogP contribution is -2.56. The van der Waals surface area contributed by atoms with Gasteiger partial charge in [-0.05, 0) is 93.4 Å². The Kier molecular flexibility index (Phi) is 5.39. The summed E-state index contributed by atoms with van der Waals surface area (Å²) in [5.74, 6) is 2.34. The Morgan fingerprint density at radius 2 is 1.63 bits per heavy atom. The first-order chi connectivity index (χ1) is 14.4. The van der Waals surface area contributed by atoms with E-state index in [2.05, 4.69) is 5.32 Å². The van der Waals surface area contributed by atoms with Crippen molar-refractivity contribution >= 4 is 27.5 Å². The summed E-state index contributed by atoms with van der Waals surface area (Å²) in [5.41, 5.74) is -0.191. The van der Waals surface area contributed by atoms with Gasteiger partial charge < -0.3 is 5.32 Å². The molecule has 1 aromatic rings. The van der Waals surface area contributed by atoms with E-state index >= 15 is 0 Å². The van der Waals surface area contributed by atoms with Crippen LogP contribution in [0.3, 0.4) is 0 Å². The maximum atomic E-state index is 13.3. The highest BCUT2D eigenvalue weighted by atomic mass is 35.5. The molecule has 4 saturated carbocycles. The average Bonchev–Trinajstić information content (AvgIpc) is 2.71. The molecule has 5 fully saturated rings. The Labute approximate surface area is 184 Å². The fourth-order valence-corrected chi connectivity index (χ4v) is 8.84. The molecule has 1 aliphatic heterocycles. The predicted octanol–water partition coefficient (Wildman–Crippen LogP) is 4.22. The van der Waals surface area contributed by atoms with Crippen LogP contribution in [0.5, 0.6) is 0 Å². The third-order valence-electron chi connectivity index (χ3n) is 8.01. The highest BCUT2D eigenvalue weighted by Crippen LogP contribution is 2.60. The SMILES string of the molecule is O=C(NCC1CCCCN1S(=O)(=O)c1ccc(Cl)cc1)C12CC3CC(CC(C3)C1)C2. The minimum absolute atomic E-state index is 0.177. The highest BCUT2D eigenvalue weighted by molar-refractivity contribution is 7.89. The quantitative estimate of drug-likeness (QED) is 0.730. The maximum Gasteiger partial charge on any atom is 0.243 e. The van der Waals surface area contributed by atoms with Crippen molar-refractivity contribution < 1.29 is 13.2 Å². The van der Waals surface area contributed by atoms with Gasteiger partial charge in [-0.25, -0.2) is 8.42 Å². The number of hydrogen-bond donors (Lipinski definition) is 1. The van der Waals surface area contributed by atoms with Crippen LogP contribution in [-0.2, 0) is 14.8 Å². The predicted molar refractivity (Wildman–Crippen MR) is 117 cm³/mol. The van der Waals surface area contributed by atoms with Crippen molar-refractivity contribution in [3.63, 3.8) is 0 Å². The zero-order chi connectivity index (χ0) is 20.9. The molecule has 1 amide bonds. The minimum atomic E-state index is -3.60. The van der Waals surface area contributed by atoms with Gasteiger partial charge in [0.05, 0.1) is 4.90 Å². The molecular formula is C23H31ClN2O3S. The van der Waals surface area contributed by atoms with E-state index in [1.54, 1.807) is 28.6 Å². The first-order valence-corrected chi connectivity index (χ1v) is 13.2. The molecule has 0 spiro atoms. The van der Waals surface area contributed by atoms with Crippen molar-refractivity contribution in [3.8, 4) is 0 Å². The molecule has 0 radical (unpaired) electrons. The van der Waals surface area contributed by atoms with E-state index in [9.17, 15) is 13.2 Å². The Hall–Kier alpha value is -1.11. The minimum Gasteiger partial charge on any atom is -0.354 e. The van der Waals surface area contributed by atoms with E-state index in [-0.39, 0.29) is 22.3 Å². The number of carbonyl (C=O) groups is 1. The molecule has 5 nitrogen and oxygen atoms in total. The van der Waals surface area contributed by atoms with Gasteiger partial charge in [-0.2, -0.15) is 4.31 Å². The largest absolute Gasteiger partial charge is 0.354 e. The standard InChI is InChI=1S/C23H31ClN2O3S/c24-19-4-6-21(7-5-19)30(28,29)26-8-2-1-3-20(26)15-25-22(27)23-12-16-9-17(13-23)11-18(10-16)14-23/h4-7,16-18,20H,1-3,8-15H2,(H,25,27). The van der Waals surface area contributed by atoms with Gasteiger partial charge >= 0.3 is 0 Å². The summed E-state index contributed by atoms with van der Waals surface area (Å²) < 4.78 is 28.1. The summed E-state index contributed by atoms with van der Waals surface area (Å²) in [5, 5.41) is 3.73. The summed E-state index contributed by atoms with van der Waals surface area (Å²) in [7, 11) is -3.60. The fraction of sp³-hybridized carbons (Fsp3) is 0.696. The van der Waals surface area contributed by atoms with E-state index in [0.717, 1.165) is 56.3 Å². The van der Waals surface area contributed by atoms with Crippen LogP contribution in [0.15, 0.2) is 29.2 Å². The lowest BCUT2D eigenvalue weighted by Gasteiger charge is -2.55. The van der Waals surface area contributed by atoms with Gasteiger partial charge in [0.15, 0.2) is 0 Å². The van der Waals surface area contributed by atoms with Crippen molar-refractivity contribution in [1.82, 2.24) is 9.62 Å². The summed E-state index contributed by atoms with van der Waals surface area (Å²) >= 11 is 5.93. The van der Waals surface area contributed by atoms with Crippen LogP contribution < -0.4 is 5.32 Å². The Morgan fingerprint density at radius 1 is 1.03 bits per heavy atom. The summed E-state index contributed by atoms with van der Waals surface area (Å²) in [6.45, 7) is 0.913. The van der Waals surface area contributed by atoms with E-state index in [1.165, 1.54) is 19.3 Å². The topological polar surface area (TPSA) is 66.5 Å². The van der Waals surface area contributed by atoms with E-state index < -0.39 is 10.0 Å². The molecule has 1 aromatic carbocycles. The summed E-state index contributed by atoms with van der Waals surface area (Å²) in [6.07, 6.45) is 9.64. The zero-order valence-corrected chi connectivity index (χ0v) is 18.9. The van der Waals surface area contributed by atoms with Crippen molar-refractivity contribution in [2.45, 2.75) is 68.7 Å². The van der Waals surface area contributed by atoms with Crippen molar-refractivity contribution in [2.24, 2.45) is 23.2 Å². The lowest BCUT2D eigenvalue weighted by molar-refractivity contribution is -0.146. The number of amides is 1. The van der Waals surface area contributed by atoms with Crippen molar-refractivity contribution in [1.29, 1.82) is 0 Å². The third kappa shape index (κ3) is 3.69. The number of hydrogen-bond acceptors (Lipinski definition) is 3. The Bertz CT molecular complexity index is 880. The molecule has 6 rings (SSSR count). The molecule has 4 aliphatic carbocycles. The number of piperidine rings is 1. The number of benzene rings is 1. The molecule has 5 aliphatic rings. The van der Waals surface area contributed by atoms with Crippen molar-refractivity contribution in [3.05, 3.63) is 29.3 Å². The zero-order valence-electron chi connectivity index (χ0n) is 17.4. The number of nitrogens with zero attached hydrogens (tertiary/aromatic N) is 1. The monoisotopic (exact) mass is 450 g/mol. The Balaban J connectivity index is 1.29. The lowest BCUT2D eigenvalue weighted by atomic mass is 9.49. The van der Waals surface area contributed by atoms with Crippen LogP contribution in [0.4, 0.5) is 0 Å². The van der Waals surface area contributed by atoms with Crippen LogP contribution in [0.25, 0.3) is 0 Å². The van der Waals surface area contributed by atoms with Gasteiger partial charge in [-0.15, -0.1) is 0 Å². The maximum absolute atomic E-state index is 13.3. The molecule has 1 unspecified atom stereocenters.